The number of hydrogen-bond acceptors (Lipinski definition) is 2. The number of ether oxygens (including phenoxy) is 1. The van der Waals surface area contributed by atoms with Crippen molar-refractivity contribution >= 4 is 0 Å². The fourth-order valence-corrected chi connectivity index (χ4v) is 1.84. The summed E-state index contributed by atoms with van der Waals surface area (Å²) in [5.74, 6) is -3.29. The molecule has 0 heterocycles. The highest BCUT2D eigenvalue weighted by Gasteiger charge is 2.41. The van der Waals surface area contributed by atoms with Gasteiger partial charge in [-0.25, -0.2) is 8.78 Å². The summed E-state index contributed by atoms with van der Waals surface area (Å²) in [6, 6.07) is -0.0194. The number of halogens is 4. The van der Waals surface area contributed by atoms with E-state index in [1.165, 1.54) is 12.8 Å². The van der Waals surface area contributed by atoms with Gasteiger partial charge in [0.1, 0.15) is 6.61 Å². The molecule has 0 radical (unpaired) electrons. The molecule has 1 N–H and O–H groups in total. The Morgan fingerprint density at radius 3 is 2.53 bits per heavy atom. The summed E-state index contributed by atoms with van der Waals surface area (Å²) in [6.45, 7) is 1.65. The Kier molecular flexibility index (Phi) is 7.07. The van der Waals surface area contributed by atoms with E-state index in [0.29, 0.717) is 0 Å². The standard InChI is InChI=1S/C13H23F4NO/c1-2-7-18-11(6-5-10-3-4-10)8-19-9-13(16,17)12(14)15/h10-12,18H,2-9H2,1H3. The molecule has 0 spiro atoms. The minimum Gasteiger partial charge on any atom is -0.373 e. The molecule has 0 aliphatic heterocycles. The van der Waals surface area contributed by atoms with Gasteiger partial charge in [0.25, 0.3) is 0 Å². The highest BCUT2D eigenvalue weighted by molar-refractivity contribution is 4.77. The van der Waals surface area contributed by atoms with Gasteiger partial charge in [0.2, 0.25) is 0 Å². The lowest BCUT2D eigenvalue weighted by atomic mass is 10.1. The average Bonchev–Trinajstić information content (AvgIpc) is 3.15. The van der Waals surface area contributed by atoms with Gasteiger partial charge in [-0.2, -0.15) is 8.78 Å². The maximum Gasteiger partial charge on any atom is 0.330 e. The van der Waals surface area contributed by atoms with Crippen LogP contribution in [0.15, 0.2) is 0 Å². The molecule has 1 aliphatic carbocycles. The predicted octanol–water partition coefficient (Wildman–Crippen LogP) is 3.46. The molecule has 1 saturated carbocycles. The van der Waals surface area contributed by atoms with Gasteiger partial charge in [-0.3, -0.25) is 0 Å². The number of rotatable bonds is 11. The summed E-state index contributed by atoms with van der Waals surface area (Å²) in [5.41, 5.74) is 0. The van der Waals surface area contributed by atoms with Gasteiger partial charge in [0.15, 0.2) is 0 Å². The smallest absolute Gasteiger partial charge is 0.330 e. The van der Waals surface area contributed by atoms with E-state index in [-0.39, 0.29) is 12.6 Å². The molecular formula is C13H23F4NO. The van der Waals surface area contributed by atoms with Crippen molar-refractivity contribution in [2.24, 2.45) is 5.92 Å². The van der Waals surface area contributed by atoms with Crippen LogP contribution in [0.4, 0.5) is 17.6 Å². The van der Waals surface area contributed by atoms with E-state index in [4.69, 9.17) is 4.74 Å². The zero-order chi connectivity index (χ0) is 14.3. The zero-order valence-corrected chi connectivity index (χ0v) is 11.3. The van der Waals surface area contributed by atoms with Crippen LogP contribution in [0.2, 0.25) is 0 Å². The van der Waals surface area contributed by atoms with Crippen LogP contribution < -0.4 is 5.32 Å². The van der Waals surface area contributed by atoms with E-state index in [2.05, 4.69) is 5.32 Å². The minimum absolute atomic E-state index is 0.0194. The Hall–Kier alpha value is -0.360. The van der Waals surface area contributed by atoms with Crippen LogP contribution in [-0.2, 0) is 4.74 Å². The molecule has 0 bridgehead atoms. The molecule has 2 nitrogen and oxygen atoms in total. The van der Waals surface area contributed by atoms with Crippen LogP contribution in [-0.4, -0.2) is 38.1 Å². The van der Waals surface area contributed by atoms with E-state index in [1.54, 1.807) is 0 Å². The fourth-order valence-electron chi connectivity index (χ4n) is 1.84. The molecule has 1 fully saturated rings. The van der Waals surface area contributed by atoms with E-state index in [1.807, 2.05) is 6.92 Å². The first-order chi connectivity index (χ1) is 8.95. The highest BCUT2D eigenvalue weighted by atomic mass is 19.3. The molecule has 6 heteroatoms. The van der Waals surface area contributed by atoms with E-state index in [9.17, 15) is 17.6 Å². The summed E-state index contributed by atoms with van der Waals surface area (Å²) >= 11 is 0. The van der Waals surface area contributed by atoms with E-state index in [0.717, 1.165) is 31.7 Å². The van der Waals surface area contributed by atoms with Gasteiger partial charge in [-0.1, -0.05) is 19.8 Å². The third kappa shape index (κ3) is 7.11. The topological polar surface area (TPSA) is 21.3 Å². The summed E-state index contributed by atoms with van der Waals surface area (Å²) in [5, 5.41) is 3.21. The molecular weight excluding hydrogens is 262 g/mol. The highest BCUT2D eigenvalue weighted by Crippen LogP contribution is 2.34. The van der Waals surface area contributed by atoms with Crippen LogP contribution in [0.1, 0.15) is 39.0 Å². The van der Waals surface area contributed by atoms with Crippen molar-refractivity contribution < 1.29 is 22.3 Å². The Balaban J connectivity index is 2.21. The van der Waals surface area contributed by atoms with Crippen LogP contribution in [0.25, 0.3) is 0 Å². The molecule has 0 aromatic rings. The molecule has 1 aliphatic rings. The molecule has 0 aromatic carbocycles. The van der Waals surface area contributed by atoms with Crippen LogP contribution >= 0.6 is 0 Å². The minimum atomic E-state index is -4.05. The van der Waals surface area contributed by atoms with Crippen molar-refractivity contribution in [2.45, 2.75) is 57.4 Å². The monoisotopic (exact) mass is 285 g/mol. The second-order valence-corrected chi connectivity index (χ2v) is 5.25. The van der Waals surface area contributed by atoms with Crippen LogP contribution in [0.5, 0.6) is 0 Å². The second-order valence-electron chi connectivity index (χ2n) is 5.25. The third-order valence-electron chi connectivity index (χ3n) is 3.24. The lowest BCUT2D eigenvalue weighted by Crippen LogP contribution is -2.38. The summed E-state index contributed by atoms with van der Waals surface area (Å²) < 4.78 is 54.0. The third-order valence-corrected chi connectivity index (χ3v) is 3.24. The molecule has 1 unspecified atom stereocenters. The summed E-state index contributed by atoms with van der Waals surface area (Å²) in [7, 11) is 0. The predicted molar refractivity (Wildman–Crippen MR) is 65.8 cm³/mol. The Morgan fingerprint density at radius 2 is 2.00 bits per heavy atom. The maximum atomic E-state index is 12.7. The second kappa shape index (κ2) is 8.04. The number of alkyl halides is 4. The molecule has 0 aromatic heterocycles. The largest absolute Gasteiger partial charge is 0.373 e. The van der Waals surface area contributed by atoms with Gasteiger partial charge in [-0.05, 0) is 31.7 Å². The Bertz CT molecular complexity index is 247. The van der Waals surface area contributed by atoms with Crippen molar-refractivity contribution in [3.05, 3.63) is 0 Å². The van der Waals surface area contributed by atoms with Crippen molar-refractivity contribution in [3.8, 4) is 0 Å². The quantitative estimate of drug-likeness (QED) is 0.587. The lowest BCUT2D eigenvalue weighted by molar-refractivity contribution is -0.167. The summed E-state index contributed by atoms with van der Waals surface area (Å²) in [6.07, 6.45) is 1.66. The van der Waals surface area contributed by atoms with Gasteiger partial charge in [0, 0.05) is 6.04 Å². The zero-order valence-electron chi connectivity index (χ0n) is 11.3. The van der Waals surface area contributed by atoms with Crippen molar-refractivity contribution in [3.63, 3.8) is 0 Å². The summed E-state index contributed by atoms with van der Waals surface area (Å²) in [4.78, 5) is 0. The molecule has 1 atom stereocenters. The number of nitrogens with one attached hydrogen (secondary N) is 1. The molecule has 1 rings (SSSR count). The molecule has 114 valence electrons. The van der Waals surface area contributed by atoms with Crippen molar-refractivity contribution in [1.82, 2.24) is 5.32 Å². The van der Waals surface area contributed by atoms with Crippen LogP contribution in [0, 0.1) is 5.92 Å². The number of hydrogen-bond donors (Lipinski definition) is 1. The van der Waals surface area contributed by atoms with Crippen molar-refractivity contribution in [1.29, 1.82) is 0 Å². The van der Waals surface area contributed by atoms with Gasteiger partial charge >= 0.3 is 12.3 Å². The SMILES string of the molecule is CCCNC(CCC1CC1)COCC(F)(F)C(F)F. The Morgan fingerprint density at radius 1 is 1.32 bits per heavy atom. The Labute approximate surface area is 111 Å². The van der Waals surface area contributed by atoms with E-state index >= 15 is 0 Å². The van der Waals surface area contributed by atoms with Gasteiger partial charge in [0.05, 0.1) is 6.61 Å². The fraction of sp³-hybridized carbons (Fsp3) is 1.00. The van der Waals surface area contributed by atoms with E-state index < -0.39 is 19.0 Å². The van der Waals surface area contributed by atoms with Crippen LogP contribution in [0.3, 0.4) is 0 Å². The lowest BCUT2D eigenvalue weighted by Gasteiger charge is -2.21. The molecule has 0 saturated heterocycles. The normalized spacial score (nSPS) is 18.0. The molecule has 0 amide bonds. The first-order valence-corrected chi connectivity index (χ1v) is 6.92. The average molecular weight is 285 g/mol. The maximum absolute atomic E-state index is 12.7. The van der Waals surface area contributed by atoms with Gasteiger partial charge in [-0.15, -0.1) is 0 Å². The first-order valence-electron chi connectivity index (χ1n) is 6.92. The van der Waals surface area contributed by atoms with Crippen molar-refractivity contribution in [2.75, 3.05) is 19.8 Å². The first kappa shape index (κ1) is 16.7. The van der Waals surface area contributed by atoms with Gasteiger partial charge < -0.3 is 10.1 Å². The molecule has 19 heavy (non-hydrogen) atoms.